The highest BCUT2D eigenvalue weighted by molar-refractivity contribution is 7.00. The SMILES string of the molecule is [2H]c1c([2H])c([2H])c2c(c1[2H])c1c([2H])c([2H])c([2H])c([2H])c1n2-c1ccc2c(c1)N(c1cc(-c3ccccc3)cc3oc4ccccc4c13)c1cc(-n3c4c([2H])c([2H])c([2H])c([2H])c4c4c([2H])c([2H])c([2H])c([2H])c43)cc3c1B2c1ccc(-c2cc(C(C)(C)C)cc(C(C)(C)C)c2)cc1N3c1c(-c2ccccc2)cc(C(C)(C)C)cc1-c1ccccc1. The van der Waals surface area contributed by atoms with Crippen molar-refractivity contribution in [2.24, 2.45) is 0 Å². The van der Waals surface area contributed by atoms with Crippen LogP contribution >= 0.6 is 0 Å². The van der Waals surface area contributed by atoms with E-state index in [2.05, 4.69) is 151 Å². The lowest BCUT2D eigenvalue weighted by molar-refractivity contribution is 0.569. The number of benzene rings is 14. The lowest BCUT2D eigenvalue weighted by Gasteiger charge is -2.45. The van der Waals surface area contributed by atoms with Crippen molar-refractivity contribution >= 4 is 123 Å². The molecular formula is C96H77BN4O. The van der Waals surface area contributed by atoms with Crippen LogP contribution in [0.5, 0.6) is 0 Å². The number of furan rings is 1. The van der Waals surface area contributed by atoms with Gasteiger partial charge in [-0.15, -0.1) is 0 Å². The van der Waals surface area contributed by atoms with Crippen molar-refractivity contribution in [3.8, 4) is 55.9 Å². The van der Waals surface area contributed by atoms with Gasteiger partial charge in [-0.05, 0) is 168 Å². The predicted molar refractivity (Wildman–Crippen MR) is 434 cm³/mol. The summed E-state index contributed by atoms with van der Waals surface area (Å²) in [5.41, 5.74) is 16.1. The lowest BCUT2D eigenvalue weighted by Crippen LogP contribution is -2.61. The monoisotopic (exact) mass is 1330 g/mol. The molecule has 0 spiro atoms. The second-order valence-corrected chi connectivity index (χ2v) is 30.1. The van der Waals surface area contributed by atoms with E-state index in [0.717, 1.165) is 88.9 Å². The van der Waals surface area contributed by atoms with E-state index in [0.29, 0.717) is 44.8 Å². The molecule has 0 radical (unpaired) electrons. The third-order valence-electron chi connectivity index (χ3n) is 20.8. The summed E-state index contributed by atoms with van der Waals surface area (Å²) in [6.45, 7) is 19.1. The second kappa shape index (κ2) is 22.8. The van der Waals surface area contributed by atoms with Crippen LogP contribution in [0, 0.1) is 0 Å². The molecule has 0 saturated heterocycles. The van der Waals surface area contributed by atoms with Gasteiger partial charge in [-0.25, -0.2) is 0 Å². The fourth-order valence-electron chi connectivity index (χ4n) is 15.7. The molecule has 0 atom stereocenters. The maximum Gasteiger partial charge on any atom is 0.252 e. The van der Waals surface area contributed by atoms with Gasteiger partial charge in [-0.1, -0.05) is 280 Å². The van der Waals surface area contributed by atoms with Crippen LogP contribution in [0.25, 0.3) is 121 Å². The van der Waals surface area contributed by atoms with Gasteiger partial charge in [0, 0.05) is 66.5 Å². The summed E-state index contributed by atoms with van der Waals surface area (Å²) in [5, 5.41) is 0.928. The number of anilines is 6. The molecule has 2 aliphatic heterocycles. The highest BCUT2D eigenvalue weighted by atomic mass is 16.3. The Morgan fingerprint density at radius 3 is 1.26 bits per heavy atom. The molecule has 0 bridgehead atoms. The Morgan fingerprint density at radius 1 is 0.314 bits per heavy atom. The molecule has 5 nitrogen and oxygen atoms in total. The Hall–Kier alpha value is -11.9. The molecule has 2 aliphatic rings. The summed E-state index contributed by atoms with van der Waals surface area (Å²) < 4.78 is 164. The molecule has 0 saturated carbocycles. The first kappa shape index (κ1) is 46.5. The van der Waals surface area contributed by atoms with E-state index in [9.17, 15) is 19.2 Å². The average Bonchev–Trinajstić information content (AvgIpc) is 1.10. The van der Waals surface area contributed by atoms with Gasteiger partial charge in [0.2, 0.25) is 0 Å². The Labute approximate surface area is 619 Å². The lowest BCUT2D eigenvalue weighted by atomic mass is 9.33. The van der Waals surface area contributed by atoms with E-state index >= 15 is 0 Å². The van der Waals surface area contributed by atoms with Gasteiger partial charge in [-0.2, -0.15) is 0 Å². The number of para-hydroxylation sites is 5. The molecule has 0 amide bonds. The fraction of sp³-hybridized carbons (Fsp3) is 0.125. The van der Waals surface area contributed by atoms with E-state index in [1.54, 1.807) is 4.57 Å². The molecule has 0 fully saturated rings. The van der Waals surface area contributed by atoms with E-state index in [4.69, 9.17) is 7.16 Å². The molecule has 0 unspecified atom stereocenters. The summed E-state index contributed by atoms with van der Waals surface area (Å²) in [6.07, 6.45) is 0. The van der Waals surface area contributed by atoms with Crippen LogP contribution in [0.1, 0.15) is 101 Å². The summed E-state index contributed by atoms with van der Waals surface area (Å²) in [5.74, 6) is 0. The molecule has 14 aromatic carbocycles. The van der Waals surface area contributed by atoms with Crippen molar-refractivity contribution in [2.45, 2.75) is 78.6 Å². The molecule has 102 heavy (non-hydrogen) atoms. The van der Waals surface area contributed by atoms with Crippen LogP contribution in [0.3, 0.4) is 0 Å². The highest BCUT2D eigenvalue weighted by Gasteiger charge is 2.46. The minimum absolute atomic E-state index is 0.0905. The minimum Gasteiger partial charge on any atom is -0.456 e. The molecule has 0 aliphatic carbocycles. The van der Waals surface area contributed by atoms with Gasteiger partial charge in [-0.3, -0.25) is 0 Å². The topological polar surface area (TPSA) is 29.5 Å². The Balaban J connectivity index is 1.07. The van der Waals surface area contributed by atoms with Crippen molar-refractivity contribution in [3.63, 3.8) is 0 Å². The summed E-state index contributed by atoms with van der Waals surface area (Å²) >= 11 is 0. The smallest absolute Gasteiger partial charge is 0.252 e. The zero-order valence-corrected chi connectivity index (χ0v) is 57.9. The quantitative estimate of drug-likeness (QED) is 0.142. The van der Waals surface area contributed by atoms with Crippen LogP contribution in [0.15, 0.2) is 307 Å². The van der Waals surface area contributed by atoms with E-state index in [1.165, 1.54) is 4.57 Å². The second-order valence-electron chi connectivity index (χ2n) is 30.1. The first-order chi connectivity index (χ1) is 56.1. The van der Waals surface area contributed by atoms with Gasteiger partial charge in [0.1, 0.15) is 11.2 Å². The molecule has 19 rings (SSSR count). The average molecular weight is 1330 g/mol. The van der Waals surface area contributed by atoms with E-state index in [1.807, 2.05) is 127 Å². The molecule has 0 N–H and O–H groups in total. The Kier molecular flexibility index (Phi) is 10.4. The zero-order valence-electron chi connectivity index (χ0n) is 73.9. The fourth-order valence-corrected chi connectivity index (χ4v) is 15.7. The van der Waals surface area contributed by atoms with Crippen LogP contribution in [-0.4, -0.2) is 15.8 Å². The summed E-state index contributed by atoms with van der Waals surface area (Å²) in [4.78, 5) is 4.47. The number of aromatic nitrogens is 2. The first-order valence-electron chi connectivity index (χ1n) is 42.7. The number of rotatable bonds is 8. The molecule has 3 aromatic heterocycles. The minimum atomic E-state index is -0.797. The van der Waals surface area contributed by atoms with Crippen LogP contribution in [0.4, 0.5) is 34.1 Å². The van der Waals surface area contributed by atoms with Crippen molar-refractivity contribution in [2.75, 3.05) is 9.80 Å². The Morgan fingerprint density at radius 2 is 0.735 bits per heavy atom. The summed E-state index contributed by atoms with van der Waals surface area (Å²) in [6, 6.07) is 61.4. The molecule has 490 valence electrons. The molecular weight excluding hydrogens is 1240 g/mol. The van der Waals surface area contributed by atoms with Crippen LogP contribution in [0.2, 0.25) is 0 Å². The van der Waals surface area contributed by atoms with Gasteiger partial charge < -0.3 is 23.4 Å². The van der Waals surface area contributed by atoms with Gasteiger partial charge >= 0.3 is 0 Å². The third-order valence-corrected chi connectivity index (χ3v) is 20.8. The highest BCUT2D eigenvalue weighted by Crippen LogP contribution is 2.55. The van der Waals surface area contributed by atoms with Gasteiger partial charge in [0.25, 0.3) is 6.71 Å². The first-order valence-corrected chi connectivity index (χ1v) is 34.7. The predicted octanol–water partition coefficient (Wildman–Crippen LogP) is 24.4. The molecule has 17 aromatic rings. The van der Waals surface area contributed by atoms with Gasteiger partial charge in [0.05, 0.1) is 66.4 Å². The number of hydrogen-bond donors (Lipinski definition) is 0. The maximum atomic E-state index is 10.2. The van der Waals surface area contributed by atoms with Crippen LogP contribution < -0.4 is 26.2 Å². The normalized spacial score (nSPS) is 15.3. The van der Waals surface area contributed by atoms with Crippen molar-refractivity contribution < 1.29 is 26.3 Å². The molecule has 5 heterocycles. The number of nitrogens with zero attached hydrogens (tertiary/aromatic N) is 4. The van der Waals surface area contributed by atoms with Crippen molar-refractivity contribution in [1.29, 1.82) is 0 Å². The van der Waals surface area contributed by atoms with E-state index < -0.39 is 109 Å². The largest absolute Gasteiger partial charge is 0.456 e. The van der Waals surface area contributed by atoms with E-state index in [-0.39, 0.29) is 65.8 Å². The number of fused-ring (bicyclic) bond motifs is 13. The number of hydrogen-bond acceptors (Lipinski definition) is 3. The standard InChI is InChI=1S/C96H77BN4O/c1-94(2,3)66-49-64(50-67(54-66)95(4,5)6)63-45-47-78-84(51-63)101(93-76(61-31-15-11-16-32-61)55-68(96(7,8)9)56-77(93)62-33-17-12-18-34-62)88-59-70(99-82-42-26-21-37-73(82)74-38-22-27-43-83(74)99)58-87-92(88)97(78)79-48-46-69(98-80-40-24-19-35-71(80)72-36-20-25-41-81(72)98)57-85(79)100(87)86-52-65(60-29-13-10-14-30-60)53-90-91(86)75-39-23-28-44-89(75)102-90/h10-59H,1-9H3/i19D,20D,21D,22D,24D,25D,26D,27D,35D,36D,37D,38D,40D,41D,42D,43D. The van der Waals surface area contributed by atoms with Crippen molar-refractivity contribution in [3.05, 3.63) is 320 Å². The maximum absolute atomic E-state index is 10.2. The van der Waals surface area contributed by atoms with Gasteiger partial charge in [0.15, 0.2) is 0 Å². The Bertz CT molecular complexity index is 7030. The zero-order chi connectivity index (χ0) is 83.0. The molecule has 6 heteroatoms. The summed E-state index contributed by atoms with van der Waals surface area (Å²) in [7, 11) is 0. The third kappa shape index (κ3) is 9.67. The van der Waals surface area contributed by atoms with Crippen molar-refractivity contribution in [1.82, 2.24) is 9.13 Å². The van der Waals surface area contributed by atoms with Crippen LogP contribution in [-0.2, 0) is 16.2 Å².